The highest BCUT2D eigenvalue weighted by molar-refractivity contribution is 8.00. The fraction of sp³-hybridized carbons (Fsp3) is 0.250. The number of aromatic nitrogens is 3. The van der Waals surface area contributed by atoms with Crippen LogP contribution < -0.4 is 4.74 Å². The van der Waals surface area contributed by atoms with Crippen LogP contribution in [0.1, 0.15) is 25.0 Å². The summed E-state index contributed by atoms with van der Waals surface area (Å²) >= 11 is 1.45. The molecule has 1 heterocycles. The number of ether oxygens (including phenoxy) is 1. The van der Waals surface area contributed by atoms with E-state index in [-0.39, 0.29) is 11.2 Å². The number of carbonyl (C=O) groups is 1. The van der Waals surface area contributed by atoms with Crippen molar-refractivity contribution in [3.63, 3.8) is 0 Å². The van der Waals surface area contributed by atoms with Gasteiger partial charge < -0.3 is 14.2 Å². The fourth-order valence-corrected chi connectivity index (χ4v) is 4.90. The van der Waals surface area contributed by atoms with Gasteiger partial charge in [0, 0.05) is 25.2 Å². The lowest BCUT2D eigenvalue weighted by Crippen LogP contribution is -2.35. The molecule has 1 aromatic heterocycles. The first kappa shape index (κ1) is 24.5. The maximum absolute atomic E-state index is 13.6. The Morgan fingerprint density at radius 1 is 0.914 bits per heavy atom. The molecular formula is C28H30N4O2S. The summed E-state index contributed by atoms with van der Waals surface area (Å²) in [7, 11) is 1.65. The summed E-state index contributed by atoms with van der Waals surface area (Å²) in [6.45, 7) is 5.81. The van der Waals surface area contributed by atoms with Crippen LogP contribution in [0.2, 0.25) is 0 Å². The molecule has 0 aliphatic heterocycles. The van der Waals surface area contributed by atoms with Crippen LogP contribution in [0, 0.1) is 0 Å². The smallest absolute Gasteiger partial charge is 0.236 e. The number of benzene rings is 3. The van der Waals surface area contributed by atoms with E-state index in [1.54, 1.807) is 7.11 Å². The van der Waals surface area contributed by atoms with Gasteiger partial charge in [0.25, 0.3) is 0 Å². The molecule has 1 atom stereocenters. The predicted octanol–water partition coefficient (Wildman–Crippen LogP) is 5.68. The second kappa shape index (κ2) is 11.7. The zero-order valence-electron chi connectivity index (χ0n) is 20.3. The van der Waals surface area contributed by atoms with Gasteiger partial charge in [0.15, 0.2) is 11.0 Å². The molecule has 4 rings (SSSR count). The van der Waals surface area contributed by atoms with Crippen molar-refractivity contribution in [1.29, 1.82) is 0 Å². The molecule has 3 aromatic carbocycles. The first-order valence-electron chi connectivity index (χ1n) is 11.7. The van der Waals surface area contributed by atoms with Gasteiger partial charge >= 0.3 is 0 Å². The lowest BCUT2D eigenvalue weighted by molar-refractivity contribution is -0.131. The van der Waals surface area contributed by atoms with Crippen LogP contribution in [-0.2, 0) is 24.4 Å². The van der Waals surface area contributed by atoms with Crippen molar-refractivity contribution in [3.8, 4) is 17.1 Å². The molecule has 0 radical (unpaired) electrons. The average molecular weight is 487 g/mol. The topological polar surface area (TPSA) is 60.2 Å². The molecule has 6 nitrogen and oxygen atoms in total. The van der Waals surface area contributed by atoms with E-state index >= 15 is 0 Å². The molecule has 0 aliphatic rings. The second-order valence-corrected chi connectivity index (χ2v) is 9.51. The third kappa shape index (κ3) is 6.11. The molecule has 0 N–H and O–H groups in total. The predicted molar refractivity (Wildman–Crippen MR) is 140 cm³/mol. The van der Waals surface area contributed by atoms with E-state index in [4.69, 9.17) is 4.74 Å². The van der Waals surface area contributed by atoms with Crippen molar-refractivity contribution in [3.05, 3.63) is 96.1 Å². The molecule has 35 heavy (non-hydrogen) atoms. The van der Waals surface area contributed by atoms with Crippen molar-refractivity contribution in [2.24, 2.45) is 0 Å². The monoisotopic (exact) mass is 486 g/mol. The van der Waals surface area contributed by atoms with E-state index in [9.17, 15) is 4.79 Å². The van der Waals surface area contributed by atoms with Gasteiger partial charge in [-0.2, -0.15) is 0 Å². The SMILES string of the molecule is CCn1c(SC(C)C(=O)N(Cc2ccccc2)Cc2ccccc2)nnc1-c1ccc(OC)cc1. The third-order valence-corrected chi connectivity index (χ3v) is 6.82. The number of hydrogen-bond donors (Lipinski definition) is 0. The number of nitrogens with zero attached hydrogens (tertiary/aromatic N) is 4. The number of amides is 1. The van der Waals surface area contributed by atoms with Gasteiger partial charge in [-0.15, -0.1) is 10.2 Å². The summed E-state index contributed by atoms with van der Waals surface area (Å²) in [5.41, 5.74) is 3.17. The van der Waals surface area contributed by atoms with E-state index in [0.29, 0.717) is 19.6 Å². The van der Waals surface area contributed by atoms with Crippen LogP contribution >= 0.6 is 11.8 Å². The Labute approximate surface area is 211 Å². The summed E-state index contributed by atoms with van der Waals surface area (Å²) in [4.78, 5) is 15.6. The molecule has 0 aliphatic carbocycles. The lowest BCUT2D eigenvalue weighted by Gasteiger charge is -2.26. The maximum Gasteiger partial charge on any atom is 0.236 e. The quantitative estimate of drug-likeness (QED) is 0.270. The molecule has 0 bridgehead atoms. The first-order chi connectivity index (χ1) is 17.1. The van der Waals surface area contributed by atoms with Crippen molar-refractivity contribution in [1.82, 2.24) is 19.7 Å². The molecule has 1 amide bonds. The molecule has 7 heteroatoms. The van der Waals surface area contributed by atoms with E-state index in [0.717, 1.165) is 33.4 Å². The molecule has 1 unspecified atom stereocenters. The zero-order chi connectivity index (χ0) is 24.6. The highest BCUT2D eigenvalue weighted by Crippen LogP contribution is 2.29. The van der Waals surface area contributed by atoms with Gasteiger partial charge in [-0.1, -0.05) is 72.4 Å². The van der Waals surface area contributed by atoms with E-state index in [1.165, 1.54) is 11.8 Å². The van der Waals surface area contributed by atoms with Crippen LogP contribution in [0.25, 0.3) is 11.4 Å². The lowest BCUT2D eigenvalue weighted by atomic mass is 10.1. The maximum atomic E-state index is 13.6. The number of thioether (sulfide) groups is 1. The standard InChI is InChI=1S/C28H30N4O2S/c1-4-32-26(24-15-17-25(34-3)18-16-24)29-30-28(32)35-21(2)27(33)31(19-22-11-7-5-8-12-22)20-23-13-9-6-10-14-23/h5-18,21H,4,19-20H2,1-3H3. The second-order valence-electron chi connectivity index (χ2n) is 8.20. The normalized spacial score (nSPS) is 11.7. The Bertz CT molecular complexity index is 1190. The number of carbonyl (C=O) groups excluding carboxylic acids is 1. The van der Waals surface area contributed by atoms with Gasteiger partial charge in [0.05, 0.1) is 12.4 Å². The van der Waals surface area contributed by atoms with Gasteiger partial charge in [-0.3, -0.25) is 4.79 Å². The Morgan fingerprint density at radius 2 is 1.49 bits per heavy atom. The minimum absolute atomic E-state index is 0.0688. The van der Waals surface area contributed by atoms with Crippen molar-refractivity contribution in [2.45, 2.75) is 43.9 Å². The summed E-state index contributed by atoms with van der Waals surface area (Å²) < 4.78 is 7.31. The Kier molecular flexibility index (Phi) is 8.21. The number of hydrogen-bond acceptors (Lipinski definition) is 5. The van der Waals surface area contributed by atoms with E-state index in [2.05, 4.69) is 46.0 Å². The van der Waals surface area contributed by atoms with Gasteiger partial charge in [-0.25, -0.2) is 0 Å². The van der Waals surface area contributed by atoms with Crippen LogP contribution in [0.4, 0.5) is 0 Å². The molecule has 0 spiro atoms. The summed E-state index contributed by atoms with van der Waals surface area (Å²) in [6, 6.07) is 28.0. The Balaban J connectivity index is 1.54. The molecular weight excluding hydrogens is 456 g/mol. The fourth-order valence-electron chi connectivity index (χ4n) is 3.90. The summed E-state index contributed by atoms with van der Waals surface area (Å²) in [5, 5.41) is 9.28. The summed E-state index contributed by atoms with van der Waals surface area (Å²) in [6.07, 6.45) is 0. The Morgan fingerprint density at radius 3 is 2.00 bits per heavy atom. The van der Waals surface area contributed by atoms with Crippen molar-refractivity contribution < 1.29 is 9.53 Å². The molecule has 0 fully saturated rings. The highest BCUT2D eigenvalue weighted by atomic mass is 32.2. The van der Waals surface area contributed by atoms with Crippen molar-refractivity contribution in [2.75, 3.05) is 7.11 Å². The van der Waals surface area contributed by atoms with Crippen LogP contribution in [0.3, 0.4) is 0 Å². The number of methoxy groups -OCH3 is 1. The molecule has 4 aromatic rings. The average Bonchev–Trinajstić information content (AvgIpc) is 3.31. The highest BCUT2D eigenvalue weighted by Gasteiger charge is 2.25. The molecule has 0 saturated carbocycles. The van der Waals surface area contributed by atoms with Crippen LogP contribution in [0.5, 0.6) is 5.75 Å². The van der Waals surface area contributed by atoms with Crippen LogP contribution in [0.15, 0.2) is 90.1 Å². The van der Waals surface area contributed by atoms with Gasteiger partial charge in [-0.05, 0) is 49.2 Å². The van der Waals surface area contributed by atoms with Gasteiger partial charge in [0.1, 0.15) is 5.75 Å². The molecule has 180 valence electrons. The minimum atomic E-state index is -0.319. The Hall–Kier alpha value is -3.58. The van der Waals surface area contributed by atoms with Gasteiger partial charge in [0.2, 0.25) is 5.91 Å². The minimum Gasteiger partial charge on any atom is -0.497 e. The number of rotatable bonds is 10. The zero-order valence-corrected chi connectivity index (χ0v) is 21.1. The van der Waals surface area contributed by atoms with Crippen molar-refractivity contribution >= 4 is 17.7 Å². The summed E-state index contributed by atoms with van der Waals surface area (Å²) in [5.74, 6) is 1.64. The largest absolute Gasteiger partial charge is 0.497 e. The third-order valence-electron chi connectivity index (χ3n) is 5.76. The van der Waals surface area contributed by atoms with E-state index in [1.807, 2.05) is 72.5 Å². The molecule has 0 saturated heterocycles. The van der Waals surface area contributed by atoms with Crippen LogP contribution in [-0.4, -0.2) is 37.9 Å². The first-order valence-corrected chi connectivity index (χ1v) is 12.6. The van der Waals surface area contributed by atoms with E-state index < -0.39 is 0 Å².